The zero-order valence-corrected chi connectivity index (χ0v) is 14.8. The van der Waals surface area contributed by atoms with E-state index in [1.807, 2.05) is 30.0 Å². The van der Waals surface area contributed by atoms with Crippen molar-refractivity contribution in [1.29, 1.82) is 0 Å². The van der Waals surface area contributed by atoms with Gasteiger partial charge in [0.15, 0.2) is 5.82 Å². The number of nitrogens with zero attached hydrogens (tertiary/aromatic N) is 2. The lowest BCUT2D eigenvalue weighted by Crippen LogP contribution is -2.08. The maximum Gasteiger partial charge on any atom is 0.163 e. The molecule has 1 aliphatic heterocycles. The van der Waals surface area contributed by atoms with Crippen molar-refractivity contribution in [2.24, 2.45) is 0 Å². The molecule has 6 heteroatoms. The van der Waals surface area contributed by atoms with Gasteiger partial charge in [0.05, 0.1) is 10.7 Å². The van der Waals surface area contributed by atoms with Gasteiger partial charge in [-0.25, -0.2) is 9.97 Å². The maximum absolute atomic E-state index is 6.34. The second-order valence-electron chi connectivity index (χ2n) is 4.86. The number of nitrogens with one attached hydrogen (secondary N) is 1. The number of rotatable bonds is 4. The molecule has 1 aromatic carbocycles. The normalized spacial score (nSPS) is 13.3. The predicted molar refractivity (Wildman–Crippen MR) is 94.0 cm³/mol. The average Bonchev–Trinajstić information content (AvgIpc) is 2.93. The molecule has 0 amide bonds. The zero-order valence-electron chi connectivity index (χ0n) is 11.6. The van der Waals surface area contributed by atoms with E-state index in [4.69, 9.17) is 21.6 Å². The smallest absolute Gasteiger partial charge is 0.163 e. The number of hydrogen-bond acceptors (Lipinski definition) is 4. The quantitative estimate of drug-likeness (QED) is 0.793. The number of hydrogen-bond donors (Lipinski definition) is 1. The minimum Gasteiger partial charge on any atom is -0.370 e. The van der Waals surface area contributed by atoms with E-state index in [1.54, 1.807) is 0 Å². The van der Waals surface area contributed by atoms with Crippen molar-refractivity contribution >= 4 is 45.1 Å². The number of benzene rings is 1. The highest BCUT2D eigenvalue weighted by molar-refractivity contribution is 9.10. The van der Waals surface area contributed by atoms with Crippen molar-refractivity contribution in [3.05, 3.63) is 39.0 Å². The Labute approximate surface area is 142 Å². The van der Waals surface area contributed by atoms with Crippen LogP contribution in [0.3, 0.4) is 0 Å². The summed E-state index contributed by atoms with van der Waals surface area (Å²) in [5, 5.41) is 4.08. The van der Waals surface area contributed by atoms with Crippen LogP contribution in [0.4, 0.5) is 5.82 Å². The maximum atomic E-state index is 6.34. The van der Waals surface area contributed by atoms with Crippen molar-refractivity contribution in [2.45, 2.75) is 24.9 Å². The highest BCUT2D eigenvalue weighted by atomic mass is 79.9. The van der Waals surface area contributed by atoms with Gasteiger partial charge in [0.1, 0.15) is 5.82 Å². The molecule has 0 unspecified atom stereocenters. The van der Waals surface area contributed by atoms with Gasteiger partial charge in [-0.2, -0.15) is 11.8 Å². The van der Waals surface area contributed by atoms with Crippen LogP contribution in [0.25, 0.3) is 11.4 Å². The van der Waals surface area contributed by atoms with Gasteiger partial charge in [0.2, 0.25) is 0 Å². The van der Waals surface area contributed by atoms with Crippen LogP contribution < -0.4 is 5.32 Å². The molecular formula is C15H15BrClN3S. The molecule has 1 aliphatic rings. The highest BCUT2D eigenvalue weighted by Crippen LogP contribution is 2.36. The van der Waals surface area contributed by atoms with E-state index in [-0.39, 0.29) is 0 Å². The summed E-state index contributed by atoms with van der Waals surface area (Å²) < 4.78 is 0.956. The lowest BCUT2D eigenvalue weighted by atomic mass is 10.2. The Bertz CT molecular complexity index is 678. The minimum absolute atomic E-state index is 0.663. The highest BCUT2D eigenvalue weighted by Gasteiger charge is 2.20. The van der Waals surface area contributed by atoms with E-state index < -0.39 is 0 Å². The van der Waals surface area contributed by atoms with E-state index >= 15 is 0 Å². The van der Waals surface area contributed by atoms with Crippen LogP contribution >= 0.6 is 39.3 Å². The van der Waals surface area contributed by atoms with Gasteiger partial charge in [0, 0.05) is 33.7 Å². The summed E-state index contributed by atoms with van der Waals surface area (Å²) in [7, 11) is 0. The molecule has 0 saturated heterocycles. The Morgan fingerprint density at radius 1 is 1.33 bits per heavy atom. The van der Waals surface area contributed by atoms with Crippen LogP contribution in [-0.2, 0) is 11.5 Å². The zero-order chi connectivity index (χ0) is 14.8. The molecule has 21 heavy (non-hydrogen) atoms. The van der Waals surface area contributed by atoms with Crippen molar-refractivity contribution in [1.82, 2.24) is 9.97 Å². The summed E-state index contributed by atoms with van der Waals surface area (Å²) in [5.74, 6) is 3.59. The van der Waals surface area contributed by atoms with Crippen LogP contribution in [0, 0.1) is 0 Å². The van der Waals surface area contributed by atoms with Gasteiger partial charge in [-0.3, -0.25) is 0 Å². The minimum atomic E-state index is 0.663. The fourth-order valence-corrected chi connectivity index (χ4v) is 4.03. The fourth-order valence-electron chi connectivity index (χ4n) is 2.23. The molecule has 3 nitrogen and oxygen atoms in total. The fraction of sp³-hybridized carbons (Fsp3) is 0.333. The SMILES string of the molecule is CCCNc1nc(-c2ccc(Br)cc2Cl)nc2c1CSC2. The monoisotopic (exact) mass is 383 g/mol. The summed E-state index contributed by atoms with van der Waals surface area (Å²) >= 11 is 11.6. The summed E-state index contributed by atoms with van der Waals surface area (Å²) in [4.78, 5) is 9.42. The molecule has 0 fully saturated rings. The van der Waals surface area contributed by atoms with Crippen molar-refractivity contribution < 1.29 is 0 Å². The number of thioether (sulfide) groups is 1. The first-order valence-corrected chi connectivity index (χ1v) is 9.18. The molecule has 1 N–H and O–H groups in total. The van der Waals surface area contributed by atoms with E-state index in [1.165, 1.54) is 5.56 Å². The van der Waals surface area contributed by atoms with Crippen LogP contribution in [0.2, 0.25) is 5.02 Å². The Morgan fingerprint density at radius 3 is 2.95 bits per heavy atom. The number of anilines is 1. The Hall–Kier alpha value is -0.780. The van der Waals surface area contributed by atoms with E-state index in [0.29, 0.717) is 10.8 Å². The van der Waals surface area contributed by atoms with Crippen molar-refractivity contribution in [2.75, 3.05) is 11.9 Å². The largest absolute Gasteiger partial charge is 0.370 e. The molecule has 2 aromatic rings. The lowest BCUT2D eigenvalue weighted by molar-refractivity contribution is 0.955. The first-order chi connectivity index (χ1) is 10.2. The summed E-state index contributed by atoms with van der Waals surface area (Å²) in [6.45, 7) is 3.07. The number of halogens is 2. The first-order valence-electron chi connectivity index (χ1n) is 6.86. The Balaban J connectivity index is 2.06. The third-order valence-electron chi connectivity index (χ3n) is 3.29. The molecular weight excluding hydrogens is 370 g/mol. The van der Waals surface area contributed by atoms with Crippen LogP contribution in [0.1, 0.15) is 24.6 Å². The second kappa shape index (κ2) is 6.55. The van der Waals surface area contributed by atoms with E-state index in [9.17, 15) is 0 Å². The van der Waals surface area contributed by atoms with E-state index in [2.05, 4.69) is 28.2 Å². The van der Waals surface area contributed by atoms with Crippen LogP contribution in [-0.4, -0.2) is 16.5 Å². The topological polar surface area (TPSA) is 37.8 Å². The van der Waals surface area contributed by atoms with Crippen molar-refractivity contribution in [3.63, 3.8) is 0 Å². The molecule has 0 aliphatic carbocycles. The molecule has 0 spiro atoms. The summed E-state index contributed by atoms with van der Waals surface area (Å²) in [5.41, 5.74) is 3.24. The molecule has 0 saturated carbocycles. The average molecular weight is 385 g/mol. The van der Waals surface area contributed by atoms with Gasteiger partial charge in [-0.15, -0.1) is 0 Å². The Morgan fingerprint density at radius 2 is 2.19 bits per heavy atom. The third-order valence-corrected chi connectivity index (χ3v) is 5.07. The van der Waals surface area contributed by atoms with Gasteiger partial charge in [-0.05, 0) is 24.6 Å². The standard InChI is InChI=1S/C15H15BrClN3S/c1-2-5-18-14-11-7-21-8-13(11)19-15(20-14)10-4-3-9(16)6-12(10)17/h3-4,6H,2,5,7-8H2,1H3,(H,18,19,20). The molecule has 110 valence electrons. The summed E-state index contributed by atoms with van der Waals surface area (Å²) in [6, 6.07) is 5.80. The van der Waals surface area contributed by atoms with E-state index in [0.717, 1.165) is 46.0 Å². The third kappa shape index (κ3) is 3.20. The Kier molecular flexibility index (Phi) is 4.72. The van der Waals surface area contributed by atoms with Gasteiger partial charge in [-0.1, -0.05) is 34.5 Å². The molecule has 1 aromatic heterocycles. The number of fused-ring (bicyclic) bond motifs is 1. The molecule has 3 rings (SSSR count). The van der Waals surface area contributed by atoms with Crippen LogP contribution in [0.5, 0.6) is 0 Å². The second-order valence-corrected chi connectivity index (χ2v) is 7.17. The first kappa shape index (κ1) is 15.1. The van der Waals surface area contributed by atoms with Gasteiger partial charge < -0.3 is 5.32 Å². The molecule has 0 bridgehead atoms. The number of aromatic nitrogens is 2. The van der Waals surface area contributed by atoms with Gasteiger partial charge in [0.25, 0.3) is 0 Å². The summed E-state index contributed by atoms with van der Waals surface area (Å²) in [6.07, 6.45) is 1.07. The lowest BCUT2D eigenvalue weighted by Gasteiger charge is -2.12. The van der Waals surface area contributed by atoms with Crippen molar-refractivity contribution in [3.8, 4) is 11.4 Å². The van der Waals surface area contributed by atoms with Gasteiger partial charge >= 0.3 is 0 Å². The van der Waals surface area contributed by atoms with Crippen LogP contribution in [0.15, 0.2) is 22.7 Å². The predicted octanol–water partition coefficient (Wildman–Crippen LogP) is 5.13. The molecule has 0 atom stereocenters. The molecule has 2 heterocycles. The molecule has 0 radical (unpaired) electrons.